The van der Waals surface area contributed by atoms with Gasteiger partial charge in [0.15, 0.2) is 11.6 Å². The predicted molar refractivity (Wildman–Crippen MR) is 111 cm³/mol. The molecule has 2 fully saturated rings. The molecule has 1 aliphatic carbocycles. The summed E-state index contributed by atoms with van der Waals surface area (Å²) in [5.74, 6) is 2.00. The third kappa shape index (κ3) is 3.55. The molecule has 30 heavy (non-hydrogen) atoms. The highest BCUT2D eigenvalue weighted by atomic mass is 16.5. The number of aromatic nitrogens is 3. The number of anilines is 3. The van der Waals surface area contributed by atoms with E-state index in [1.54, 1.807) is 17.0 Å². The molecule has 5 rings (SSSR count). The Morgan fingerprint density at radius 1 is 1.23 bits per heavy atom. The molecule has 0 aromatic carbocycles. The molecule has 4 heterocycles. The number of Topliss-reactive ketones (excluding diaryl/α,β-unsaturated/α-hetero) is 1. The topological polar surface area (TPSA) is 101 Å². The fraction of sp³-hybridized carbons (Fsp3) is 0.476. The second-order valence-corrected chi connectivity index (χ2v) is 8.08. The van der Waals surface area contributed by atoms with Gasteiger partial charge >= 0.3 is 6.03 Å². The van der Waals surface area contributed by atoms with Gasteiger partial charge in [-0.25, -0.2) is 19.7 Å². The van der Waals surface area contributed by atoms with Gasteiger partial charge in [0.1, 0.15) is 17.8 Å². The van der Waals surface area contributed by atoms with Crippen LogP contribution in [0.15, 0.2) is 24.5 Å². The van der Waals surface area contributed by atoms with Crippen LogP contribution in [0.2, 0.25) is 0 Å². The molecule has 9 heteroatoms. The number of ether oxygens (including phenoxy) is 1. The van der Waals surface area contributed by atoms with Crippen LogP contribution in [0.3, 0.4) is 0 Å². The first-order valence-electron chi connectivity index (χ1n) is 10.4. The molecule has 1 saturated carbocycles. The summed E-state index contributed by atoms with van der Waals surface area (Å²) in [5.41, 5.74) is 1.32. The SMILES string of the molecule is COc1cc(NC(=O)N2c3nc(C(=O)CCC4CC4)ccc3N3CC[C@H]2C3)ncn1. The highest BCUT2D eigenvalue weighted by Gasteiger charge is 2.40. The Morgan fingerprint density at radius 2 is 2.10 bits per heavy atom. The van der Waals surface area contributed by atoms with Gasteiger partial charge in [0.25, 0.3) is 0 Å². The van der Waals surface area contributed by atoms with Gasteiger partial charge in [0.05, 0.1) is 18.8 Å². The lowest BCUT2D eigenvalue weighted by Crippen LogP contribution is -2.48. The predicted octanol–water partition coefficient (Wildman–Crippen LogP) is 2.88. The van der Waals surface area contributed by atoms with Crippen LogP contribution in [-0.4, -0.2) is 53.0 Å². The molecule has 1 N–H and O–H groups in total. The van der Waals surface area contributed by atoms with E-state index in [0.717, 1.165) is 31.6 Å². The van der Waals surface area contributed by atoms with Crippen molar-refractivity contribution in [3.05, 3.63) is 30.2 Å². The number of hydrogen-bond donors (Lipinski definition) is 1. The molecule has 1 atom stereocenters. The van der Waals surface area contributed by atoms with Crippen molar-refractivity contribution in [2.75, 3.05) is 35.3 Å². The number of methoxy groups -OCH3 is 1. The van der Waals surface area contributed by atoms with Gasteiger partial charge < -0.3 is 9.64 Å². The van der Waals surface area contributed by atoms with E-state index in [9.17, 15) is 9.59 Å². The largest absolute Gasteiger partial charge is 0.481 e. The Hall–Kier alpha value is -3.23. The molecule has 2 bridgehead atoms. The Bertz CT molecular complexity index is 992. The first-order valence-corrected chi connectivity index (χ1v) is 10.4. The fourth-order valence-electron chi connectivity index (χ4n) is 4.19. The van der Waals surface area contributed by atoms with Crippen LogP contribution in [0.4, 0.5) is 22.1 Å². The van der Waals surface area contributed by atoms with Gasteiger partial charge in [-0.3, -0.25) is 15.0 Å². The maximum absolute atomic E-state index is 13.2. The number of nitrogens with one attached hydrogen (secondary N) is 1. The maximum atomic E-state index is 13.2. The van der Waals surface area contributed by atoms with Gasteiger partial charge in [-0.1, -0.05) is 12.8 Å². The second kappa shape index (κ2) is 7.55. The van der Waals surface area contributed by atoms with E-state index >= 15 is 0 Å². The lowest BCUT2D eigenvalue weighted by molar-refractivity contribution is 0.0973. The average Bonchev–Trinajstić information content (AvgIpc) is 3.51. The zero-order valence-electron chi connectivity index (χ0n) is 16.9. The molecule has 2 aliphatic heterocycles. The first kappa shape index (κ1) is 18.8. The molecule has 2 amide bonds. The number of carbonyl (C=O) groups excluding carboxylic acids is 2. The van der Waals surface area contributed by atoms with Crippen LogP contribution < -0.4 is 19.9 Å². The molecule has 0 unspecified atom stereocenters. The summed E-state index contributed by atoms with van der Waals surface area (Å²) < 4.78 is 5.10. The van der Waals surface area contributed by atoms with Crippen molar-refractivity contribution in [1.29, 1.82) is 0 Å². The molecular formula is C21H24N6O3. The van der Waals surface area contributed by atoms with Crippen LogP contribution in [0.5, 0.6) is 5.88 Å². The molecule has 2 aromatic heterocycles. The average molecular weight is 408 g/mol. The molecule has 9 nitrogen and oxygen atoms in total. The summed E-state index contributed by atoms with van der Waals surface area (Å²) in [6.45, 7) is 1.61. The van der Waals surface area contributed by atoms with E-state index in [-0.39, 0.29) is 17.9 Å². The third-order valence-corrected chi connectivity index (χ3v) is 6.02. The summed E-state index contributed by atoms with van der Waals surface area (Å²) in [4.78, 5) is 42.4. The summed E-state index contributed by atoms with van der Waals surface area (Å²) >= 11 is 0. The van der Waals surface area contributed by atoms with Gasteiger partial charge in [0.2, 0.25) is 5.88 Å². The number of rotatable bonds is 6. The number of fused-ring (bicyclic) bond motifs is 4. The first-order chi connectivity index (χ1) is 14.6. The van der Waals surface area contributed by atoms with Gasteiger partial charge in [-0.05, 0) is 30.9 Å². The smallest absolute Gasteiger partial charge is 0.329 e. The zero-order valence-corrected chi connectivity index (χ0v) is 16.9. The Kier molecular flexibility index (Phi) is 4.72. The molecule has 0 spiro atoms. The van der Waals surface area contributed by atoms with E-state index in [2.05, 4.69) is 25.2 Å². The second-order valence-electron chi connectivity index (χ2n) is 8.08. The Morgan fingerprint density at radius 3 is 2.90 bits per heavy atom. The van der Waals surface area contributed by atoms with Crippen molar-refractivity contribution in [3.63, 3.8) is 0 Å². The van der Waals surface area contributed by atoms with E-state index in [4.69, 9.17) is 4.74 Å². The molecule has 156 valence electrons. The molecule has 0 radical (unpaired) electrons. The van der Waals surface area contributed by atoms with Gasteiger partial charge in [-0.15, -0.1) is 0 Å². The number of pyridine rings is 1. The van der Waals surface area contributed by atoms with E-state index in [1.807, 2.05) is 6.07 Å². The Labute approximate surface area is 174 Å². The molecule has 2 aromatic rings. The minimum absolute atomic E-state index is 0.00514. The zero-order chi connectivity index (χ0) is 20.7. The van der Waals surface area contributed by atoms with Crippen LogP contribution in [0, 0.1) is 5.92 Å². The highest BCUT2D eigenvalue weighted by Crippen LogP contribution is 2.39. The highest BCUT2D eigenvalue weighted by molar-refractivity contribution is 6.05. The number of hydrogen-bond acceptors (Lipinski definition) is 7. The molecular weight excluding hydrogens is 384 g/mol. The number of ketones is 1. The van der Waals surface area contributed by atoms with E-state index in [1.165, 1.54) is 26.3 Å². The summed E-state index contributed by atoms with van der Waals surface area (Å²) in [6.07, 6.45) is 6.07. The van der Waals surface area contributed by atoms with Crippen LogP contribution >= 0.6 is 0 Å². The number of nitrogens with zero attached hydrogens (tertiary/aromatic N) is 5. The van der Waals surface area contributed by atoms with Crippen molar-refractivity contribution in [3.8, 4) is 5.88 Å². The minimum atomic E-state index is -0.321. The van der Waals surface area contributed by atoms with Crippen molar-refractivity contribution in [2.45, 2.75) is 38.1 Å². The Balaban J connectivity index is 1.41. The van der Waals surface area contributed by atoms with Crippen LogP contribution in [0.25, 0.3) is 0 Å². The van der Waals surface area contributed by atoms with Gasteiger partial charge in [-0.2, -0.15) is 0 Å². The van der Waals surface area contributed by atoms with E-state index < -0.39 is 0 Å². The summed E-state index contributed by atoms with van der Waals surface area (Å²) in [7, 11) is 1.51. The maximum Gasteiger partial charge on any atom is 0.329 e. The lowest BCUT2D eigenvalue weighted by Gasteiger charge is -2.35. The monoisotopic (exact) mass is 408 g/mol. The molecule has 1 saturated heterocycles. The minimum Gasteiger partial charge on any atom is -0.481 e. The number of carbonyl (C=O) groups is 2. The summed E-state index contributed by atoms with van der Waals surface area (Å²) in [6, 6.07) is 4.96. The van der Waals surface area contributed by atoms with E-state index in [0.29, 0.717) is 35.5 Å². The fourth-order valence-corrected chi connectivity index (χ4v) is 4.19. The summed E-state index contributed by atoms with van der Waals surface area (Å²) in [5, 5.41) is 2.82. The standard InChI is InChI=1S/C21H24N6O3/c1-30-19-10-18(22-12-23-19)25-21(29)27-14-8-9-26(11-14)16-6-5-15(24-20(16)27)17(28)7-4-13-2-3-13/h5-6,10,12-14H,2-4,7-9,11H2,1H3,(H,22,23,25,29)/t14-/m0/s1. The third-order valence-electron chi connectivity index (χ3n) is 6.02. The van der Waals surface area contributed by atoms with Crippen molar-refractivity contribution in [1.82, 2.24) is 15.0 Å². The number of urea groups is 1. The lowest BCUT2D eigenvalue weighted by atomic mass is 10.1. The van der Waals surface area contributed by atoms with Crippen molar-refractivity contribution >= 4 is 29.1 Å². The van der Waals surface area contributed by atoms with Crippen LogP contribution in [-0.2, 0) is 0 Å². The molecule has 3 aliphatic rings. The van der Waals surface area contributed by atoms with Crippen molar-refractivity contribution in [2.24, 2.45) is 5.92 Å². The van der Waals surface area contributed by atoms with Crippen LogP contribution in [0.1, 0.15) is 42.6 Å². The van der Waals surface area contributed by atoms with Gasteiger partial charge in [0, 0.05) is 25.6 Å². The quantitative estimate of drug-likeness (QED) is 0.734. The number of amides is 2. The van der Waals surface area contributed by atoms with Crippen molar-refractivity contribution < 1.29 is 14.3 Å². The normalized spacial score (nSPS) is 19.4.